The number of hydrogen-bond acceptors (Lipinski definition) is 2. The first-order chi connectivity index (χ1) is 6.11. The number of nitrogens with two attached hydrogens (primary N) is 1. The highest BCUT2D eigenvalue weighted by Gasteiger charge is 2.11. The molecule has 0 bridgehead atoms. The molecule has 1 aromatic carbocycles. The van der Waals surface area contributed by atoms with Crippen molar-refractivity contribution >= 4 is 12.4 Å². The van der Waals surface area contributed by atoms with E-state index in [-0.39, 0.29) is 18.4 Å². The van der Waals surface area contributed by atoms with Crippen molar-refractivity contribution in [3.8, 4) is 5.75 Å². The minimum atomic E-state index is -0.0544. The fourth-order valence-corrected chi connectivity index (χ4v) is 1.44. The molecule has 1 atom stereocenters. The Balaban J connectivity index is 0.00000169. The van der Waals surface area contributed by atoms with Gasteiger partial charge in [0, 0.05) is 11.6 Å². The molecule has 0 heterocycles. The van der Waals surface area contributed by atoms with Crippen LogP contribution in [0.1, 0.15) is 31.9 Å². The second kappa shape index (κ2) is 5.89. The van der Waals surface area contributed by atoms with Crippen LogP contribution < -0.4 is 5.73 Å². The number of phenols is 1. The molecule has 0 fully saturated rings. The summed E-state index contributed by atoms with van der Waals surface area (Å²) in [6.07, 6.45) is 0.900. The van der Waals surface area contributed by atoms with Gasteiger partial charge in [-0.3, -0.25) is 0 Å². The summed E-state index contributed by atoms with van der Waals surface area (Å²) in [7, 11) is 0. The van der Waals surface area contributed by atoms with Crippen molar-refractivity contribution in [2.24, 2.45) is 11.7 Å². The minimum Gasteiger partial charge on any atom is -0.508 e. The summed E-state index contributed by atoms with van der Waals surface area (Å²) in [6, 6.07) is 7.20. The van der Waals surface area contributed by atoms with Gasteiger partial charge in [0.2, 0.25) is 0 Å². The number of rotatable bonds is 3. The van der Waals surface area contributed by atoms with Crippen molar-refractivity contribution in [2.45, 2.75) is 26.3 Å². The lowest BCUT2D eigenvalue weighted by Crippen LogP contribution is -2.12. The first-order valence-corrected chi connectivity index (χ1v) is 4.64. The van der Waals surface area contributed by atoms with Gasteiger partial charge < -0.3 is 10.8 Å². The molecule has 0 radical (unpaired) electrons. The summed E-state index contributed by atoms with van der Waals surface area (Å²) in [6.45, 7) is 4.25. The van der Waals surface area contributed by atoms with Crippen LogP contribution >= 0.6 is 12.4 Å². The lowest BCUT2D eigenvalue weighted by Gasteiger charge is -2.15. The third-order valence-corrected chi connectivity index (χ3v) is 2.06. The van der Waals surface area contributed by atoms with Gasteiger partial charge in [-0.05, 0) is 18.4 Å². The fraction of sp³-hybridized carbons (Fsp3) is 0.455. The first-order valence-electron chi connectivity index (χ1n) is 4.64. The molecule has 0 aliphatic carbocycles. The number of aromatic hydroxyl groups is 1. The third-order valence-electron chi connectivity index (χ3n) is 2.06. The summed E-state index contributed by atoms with van der Waals surface area (Å²) in [4.78, 5) is 0. The van der Waals surface area contributed by atoms with Crippen molar-refractivity contribution in [1.29, 1.82) is 0 Å². The normalized spacial score (nSPS) is 12.3. The number of halogens is 1. The highest BCUT2D eigenvalue weighted by molar-refractivity contribution is 5.85. The summed E-state index contributed by atoms with van der Waals surface area (Å²) in [5, 5.41) is 9.51. The third kappa shape index (κ3) is 3.56. The van der Waals surface area contributed by atoms with Gasteiger partial charge in [-0.2, -0.15) is 0 Å². The monoisotopic (exact) mass is 215 g/mol. The second-order valence-electron chi connectivity index (χ2n) is 3.79. The van der Waals surface area contributed by atoms with E-state index in [1.165, 1.54) is 0 Å². The Morgan fingerprint density at radius 3 is 2.36 bits per heavy atom. The second-order valence-corrected chi connectivity index (χ2v) is 3.79. The van der Waals surface area contributed by atoms with Crippen LogP contribution in [0.4, 0.5) is 0 Å². The summed E-state index contributed by atoms with van der Waals surface area (Å²) < 4.78 is 0. The van der Waals surface area contributed by atoms with Crippen LogP contribution in [0, 0.1) is 5.92 Å². The van der Waals surface area contributed by atoms with Crippen molar-refractivity contribution in [2.75, 3.05) is 0 Å². The van der Waals surface area contributed by atoms with E-state index in [4.69, 9.17) is 5.73 Å². The Morgan fingerprint density at radius 1 is 1.29 bits per heavy atom. The minimum absolute atomic E-state index is 0. The van der Waals surface area contributed by atoms with Gasteiger partial charge in [0.05, 0.1) is 0 Å². The zero-order valence-electron chi connectivity index (χ0n) is 8.60. The van der Waals surface area contributed by atoms with Gasteiger partial charge in [-0.1, -0.05) is 32.0 Å². The number of hydrogen-bond donors (Lipinski definition) is 2. The average Bonchev–Trinajstić information content (AvgIpc) is 2.03. The molecule has 0 aliphatic heterocycles. The van der Waals surface area contributed by atoms with E-state index in [9.17, 15) is 5.11 Å². The highest BCUT2D eigenvalue weighted by atomic mass is 35.5. The lowest BCUT2D eigenvalue weighted by atomic mass is 9.97. The van der Waals surface area contributed by atoms with Crippen LogP contribution in [0.3, 0.4) is 0 Å². The number of phenolic OH excluding ortho intramolecular Hbond substituents is 1. The molecule has 0 aliphatic rings. The van der Waals surface area contributed by atoms with Crippen LogP contribution in [-0.2, 0) is 0 Å². The molecule has 80 valence electrons. The predicted molar refractivity (Wildman–Crippen MR) is 61.7 cm³/mol. The molecule has 0 spiro atoms. The van der Waals surface area contributed by atoms with Gasteiger partial charge in [-0.15, -0.1) is 12.4 Å². The molecular weight excluding hydrogens is 198 g/mol. The molecule has 3 heteroatoms. The Hall–Kier alpha value is -0.730. The molecule has 1 aromatic rings. The predicted octanol–water partition coefficient (Wildman–Crippen LogP) is 2.86. The smallest absolute Gasteiger partial charge is 0.120 e. The number of benzene rings is 1. The zero-order chi connectivity index (χ0) is 9.84. The van der Waals surface area contributed by atoms with Crippen molar-refractivity contribution in [3.63, 3.8) is 0 Å². The maximum atomic E-state index is 9.51. The van der Waals surface area contributed by atoms with E-state index in [0.717, 1.165) is 12.0 Å². The average molecular weight is 216 g/mol. The topological polar surface area (TPSA) is 46.2 Å². The SMILES string of the molecule is CC(C)C[C@@H](N)c1ccccc1O.Cl. The molecule has 0 saturated carbocycles. The molecular formula is C11H18ClNO. The van der Waals surface area contributed by atoms with Crippen LogP contribution in [0.5, 0.6) is 5.75 Å². The summed E-state index contributed by atoms with van der Waals surface area (Å²) >= 11 is 0. The molecule has 2 nitrogen and oxygen atoms in total. The van der Waals surface area contributed by atoms with Gasteiger partial charge in [0.15, 0.2) is 0 Å². The van der Waals surface area contributed by atoms with E-state index in [1.807, 2.05) is 12.1 Å². The van der Waals surface area contributed by atoms with Gasteiger partial charge in [0.25, 0.3) is 0 Å². The van der Waals surface area contributed by atoms with Crippen LogP contribution in [0.2, 0.25) is 0 Å². The Bertz CT molecular complexity index is 276. The Labute approximate surface area is 91.5 Å². The zero-order valence-corrected chi connectivity index (χ0v) is 9.42. The fourth-order valence-electron chi connectivity index (χ4n) is 1.44. The largest absolute Gasteiger partial charge is 0.508 e. The van der Waals surface area contributed by atoms with Crippen molar-refractivity contribution in [3.05, 3.63) is 29.8 Å². The molecule has 0 aromatic heterocycles. The lowest BCUT2D eigenvalue weighted by molar-refractivity contribution is 0.445. The van der Waals surface area contributed by atoms with Crippen molar-refractivity contribution < 1.29 is 5.11 Å². The highest BCUT2D eigenvalue weighted by Crippen LogP contribution is 2.26. The maximum absolute atomic E-state index is 9.51. The van der Waals surface area contributed by atoms with Crippen molar-refractivity contribution in [1.82, 2.24) is 0 Å². The maximum Gasteiger partial charge on any atom is 0.120 e. The molecule has 14 heavy (non-hydrogen) atoms. The number of para-hydroxylation sites is 1. The molecule has 0 amide bonds. The molecule has 0 saturated heterocycles. The van der Waals surface area contributed by atoms with E-state index >= 15 is 0 Å². The van der Waals surface area contributed by atoms with Gasteiger partial charge in [0.1, 0.15) is 5.75 Å². The van der Waals surface area contributed by atoms with Gasteiger partial charge in [-0.25, -0.2) is 0 Å². The van der Waals surface area contributed by atoms with Crippen LogP contribution in [0.15, 0.2) is 24.3 Å². The van der Waals surface area contributed by atoms with Crippen LogP contribution in [0.25, 0.3) is 0 Å². The first kappa shape index (κ1) is 13.3. The summed E-state index contributed by atoms with van der Waals surface area (Å²) in [5.41, 5.74) is 6.78. The van der Waals surface area contributed by atoms with E-state index < -0.39 is 0 Å². The van der Waals surface area contributed by atoms with E-state index in [0.29, 0.717) is 11.7 Å². The Morgan fingerprint density at radius 2 is 1.86 bits per heavy atom. The molecule has 3 N–H and O–H groups in total. The quantitative estimate of drug-likeness (QED) is 0.815. The van der Waals surface area contributed by atoms with E-state index in [1.54, 1.807) is 12.1 Å². The van der Waals surface area contributed by atoms with Gasteiger partial charge >= 0.3 is 0 Å². The summed E-state index contributed by atoms with van der Waals surface area (Å²) in [5.74, 6) is 0.852. The van der Waals surface area contributed by atoms with E-state index in [2.05, 4.69) is 13.8 Å². The molecule has 1 rings (SSSR count). The molecule has 0 unspecified atom stereocenters. The standard InChI is InChI=1S/C11H17NO.ClH/c1-8(2)7-10(12)9-5-3-4-6-11(9)13;/h3-6,8,10,13H,7,12H2,1-2H3;1H/t10-;/m1./s1. The van der Waals surface area contributed by atoms with Crippen LogP contribution in [-0.4, -0.2) is 5.11 Å². The Kier molecular flexibility index (Phi) is 5.58.